The van der Waals surface area contributed by atoms with Gasteiger partial charge in [0.2, 0.25) is 0 Å². The van der Waals surface area contributed by atoms with Crippen LogP contribution in [0.4, 0.5) is 5.69 Å². The van der Waals surface area contributed by atoms with Crippen LogP contribution in [0.3, 0.4) is 0 Å². The summed E-state index contributed by atoms with van der Waals surface area (Å²) >= 11 is 0. The van der Waals surface area contributed by atoms with E-state index in [0.29, 0.717) is 6.42 Å². The Morgan fingerprint density at radius 1 is 1.47 bits per heavy atom. The van der Waals surface area contributed by atoms with E-state index < -0.39 is 27.7 Å². The second-order valence-corrected chi connectivity index (χ2v) is 4.65. The Morgan fingerprint density at radius 2 is 2.11 bits per heavy atom. The van der Waals surface area contributed by atoms with Crippen molar-refractivity contribution in [1.82, 2.24) is 0 Å². The molecule has 104 valence electrons. The van der Waals surface area contributed by atoms with Crippen LogP contribution in [0.2, 0.25) is 0 Å². The number of aliphatic hydroxyl groups is 1. The fourth-order valence-electron chi connectivity index (χ4n) is 1.35. The maximum absolute atomic E-state index is 10.9. The Hall–Kier alpha value is -2.15. The number of carboxylic acid groups (broad SMARTS) is 1. The maximum atomic E-state index is 10.9. The van der Waals surface area contributed by atoms with Crippen LogP contribution in [0.15, 0.2) is 18.2 Å². The van der Waals surface area contributed by atoms with Crippen molar-refractivity contribution in [3.63, 3.8) is 0 Å². The number of carbonyl (C=O) groups is 1. The highest BCUT2D eigenvalue weighted by Gasteiger charge is 2.20. The standard InChI is InChI=1S/C12H15NO6/c1-12(2,16)5-6-19-8-3-4-10(13(17)18)9(7-8)11(14)15/h3-4,7,16H,5-6H2,1-2H3,(H,14,15). The molecule has 0 aliphatic heterocycles. The molecule has 0 atom stereocenters. The molecule has 1 aromatic carbocycles. The number of hydrogen-bond donors (Lipinski definition) is 2. The molecule has 0 spiro atoms. The maximum Gasteiger partial charge on any atom is 0.342 e. The number of ether oxygens (including phenoxy) is 1. The van der Waals surface area contributed by atoms with Gasteiger partial charge in [0, 0.05) is 18.6 Å². The summed E-state index contributed by atoms with van der Waals surface area (Å²) in [7, 11) is 0. The minimum atomic E-state index is -1.39. The second-order valence-electron chi connectivity index (χ2n) is 4.65. The van der Waals surface area contributed by atoms with Gasteiger partial charge in [0.25, 0.3) is 5.69 Å². The van der Waals surface area contributed by atoms with Crippen LogP contribution in [0, 0.1) is 10.1 Å². The highest BCUT2D eigenvalue weighted by atomic mass is 16.6. The Bertz CT molecular complexity index is 491. The SMILES string of the molecule is CC(C)(O)CCOc1ccc([N+](=O)[O-])c(C(=O)O)c1. The third-order valence-corrected chi connectivity index (χ3v) is 2.38. The molecule has 0 fully saturated rings. The third-order valence-electron chi connectivity index (χ3n) is 2.38. The largest absolute Gasteiger partial charge is 0.493 e. The van der Waals surface area contributed by atoms with Crippen LogP contribution in [-0.4, -0.2) is 33.3 Å². The molecule has 0 aromatic heterocycles. The van der Waals surface area contributed by atoms with Gasteiger partial charge < -0.3 is 14.9 Å². The number of nitro groups is 1. The molecule has 0 saturated carbocycles. The van der Waals surface area contributed by atoms with Crippen molar-refractivity contribution in [1.29, 1.82) is 0 Å². The summed E-state index contributed by atoms with van der Waals surface area (Å²) in [6, 6.07) is 3.52. The number of benzene rings is 1. The highest BCUT2D eigenvalue weighted by molar-refractivity contribution is 5.92. The molecule has 0 aliphatic rings. The molecule has 0 heterocycles. The second kappa shape index (κ2) is 5.66. The minimum absolute atomic E-state index is 0.181. The van der Waals surface area contributed by atoms with Crippen LogP contribution in [0.1, 0.15) is 30.6 Å². The first kappa shape index (κ1) is 14.9. The number of nitrogens with zero attached hydrogens (tertiary/aromatic N) is 1. The predicted octanol–water partition coefficient (Wildman–Crippen LogP) is 1.83. The van der Waals surface area contributed by atoms with Crippen molar-refractivity contribution >= 4 is 11.7 Å². The Morgan fingerprint density at radius 3 is 2.58 bits per heavy atom. The molecule has 0 amide bonds. The van der Waals surface area contributed by atoms with E-state index in [-0.39, 0.29) is 12.4 Å². The van der Waals surface area contributed by atoms with Gasteiger partial charge in [-0.1, -0.05) is 0 Å². The molecule has 0 saturated heterocycles. The Labute approximate surface area is 109 Å². The lowest BCUT2D eigenvalue weighted by Gasteiger charge is -2.17. The molecule has 7 heteroatoms. The van der Waals surface area contributed by atoms with Crippen molar-refractivity contribution in [2.45, 2.75) is 25.9 Å². The van der Waals surface area contributed by atoms with Gasteiger partial charge in [-0.15, -0.1) is 0 Å². The normalized spacial score (nSPS) is 11.1. The van der Waals surface area contributed by atoms with Crippen LogP contribution >= 0.6 is 0 Å². The van der Waals surface area contributed by atoms with Crippen molar-refractivity contribution in [3.05, 3.63) is 33.9 Å². The molecule has 0 aliphatic carbocycles. The fraction of sp³-hybridized carbons (Fsp3) is 0.417. The molecule has 1 rings (SSSR count). The Kier molecular flexibility index (Phi) is 4.44. The number of aromatic carboxylic acids is 1. The molecule has 19 heavy (non-hydrogen) atoms. The highest BCUT2D eigenvalue weighted by Crippen LogP contribution is 2.24. The van der Waals surface area contributed by atoms with Gasteiger partial charge in [-0.05, 0) is 19.9 Å². The molecular formula is C12H15NO6. The quantitative estimate of drug-likeness (QED) is 0.602. The zero-order valence-corrected chi connectivity index (χ0v) is 10.6. The van der Waals surface area contributed by atoms with Gasteiger partial charge in [0.1, 0.15) is 11.3 Å². The monoisotopic (exact) mass is 269 g/mol. The summed E-state index contributed by atoms with van der Waals surface area (Å²) in [5, 5.41) is 29.0. The average molecular weight is 269 g/mol. The van der Waals surface area contributed by atoms with E-state index in [0.717, 1.165) is 12.1 Å². The van der Waals surface area contributed by atoms with E-state index in [9.17, 15) is 20.0 Å². The number of nitro benzene ring substituents is 1. The minimum Gasteiger partial charge on any atom is -0.493 e. The van der Waals surface area contributed by atoms with Gasteiger partial charge in [-0.3, -0.25) is 10.1 Å². The van der Waals surface area contributed by atoms with E-state index in [1.165, 1.54) is 6.07 Å². The number of rotatable bonds is 6. The molecule has 0 radical (unpaired) electrons. The first-order chi connectivity index (χ1) is 8.70. The molecule has 2 N–H and O–H groups in total. The lowest BCUT2D eigenvalue weighted by Crippen LogP contribution is -2.21. The van der Waals surface area contributed by atoms with Crippen molar-refractivity contribution < 1.29 is 24.7 Å². The predicted molar refractivity (Wildman–Crippen MR) is 66.5 cm³/mol. The summed E-state index contributed by atoms with van der Waals surface area (Å²) in [6.45, 7) is 3.42. The van der Waals surface area contributed by atoms with E-state index in [4.69, 9.17) is 9.84 Å². The van der Waals surface area contributed by atoms with E-state index in [1.54, 1.807) is 13.8 Å². The van der Waals surface area contributed by atoms with E-state index in [1.807, 2.05) is 0 Å². The molecule has 0 unspecified atom stereocenters. The smallest absolute Gasteiger partial charge is 0.342 e. The van der Waals surface area contributed by atoms with Crippen molar-refractivity contribution in [3.8, 4) is 5.75 Å². The van der Waals surface area contributed by atoms with Gasteiger partial charge in [-0.2, -0.15) is 0 Å². The third kappa shape index (κ3) is 4.55. The van der Waals surface area contributed by atoms with E-state index in [2.05, 4.69) is 0 Å². The Balaban J connectivity index is 2.85. The molecule has 0 bridgehead atoms. The van der Waals surface area contributed by atoms with Crippen molar-refractivity contribution in [2.75, 3.05) is 6.61 Å². The van der Waals surface area contributed by atoms with Crippen LogP contribution in [0.25, 0.3) is 0 Å². The average Bonchev–Trinajstić information content (AvgIpc) is 2.26. The molecule has 1 aromatic rings. The first-order valence-electron chi connectivity index (χ1n) is 5.57. The number of hydrogen-bond acceptors (Lipinski definition) is 5. The summed E-state index contributed by atoms with van der Waals surface area (Å²) in [5.74, 6) is -1.17. The fourth-order valence-corrected chi connectivity index (χ4v) is 1.35. The van der Waals surface area contributed by atoms with Crippen LogP contribution < -0.4 is 4.74 Å². The van der Waals surface area contributed by atoms with Crippen LogP contribution in [-0.2, 0) is 0 Å². The first-order valence-corrected chi connectivity index (χ1v) is 5.57. The van der Waals surface area contributed by atoms with Crippen LogP contribution in [0.5, 0.6) is 5.75 Å². The van der Waals surface area contributed by atoms with Gasteiger partial charge in [-0.25, -0.2) is 4.79 Å². The van der Waals surface area contributed by atoms with Gasteiger partial charge >= 0.3 is 5.97 Å². The number of carboxylic acids is 1. The zero-order chi connectivity index (χ0) is 14.6. The lowest BCUT2D eigenvalue weighted by atomic mass is 10.1. The van der Waals surface area contributed by atoms with E-state index >= 15 is 0 Å². The molecule has 7 nitrogen and oxygen atoms in total. The molecular weight excluding hydrogens is 254 g/mol. The van der Waals surface area contributed by atoms with Gasteiger partial charge in [0.05, 0.1) is 17.1 Å². The van der Waals surface area contributed by atoms with Crippen molar-refractivity contribution in [2.24, 2.45) is 0 Å². The summed E-state index contributed by atoms with van der Waals surface area (Å²) in [5.41, 5.74) is -1.80. The topological polar surface area (TPSA) is 110 Å². The zero-order valence-electron chi connectivity index (χ0n) is 10.6. The summed E-state index contributed by atoms with van der Waals surface area (Å²) in [6.07, 6.45) is 0.354. The summed E-state index contributed by atoms with van der Waals surface area (Å²) in [4.78, 5) is 20.8. The lowest BCUT2D eigenvalue weighted by molar-refractivity contribution is -0.385. The van der Waals surface area contributed by atoms with Gasteiger partial charge in [0.15, 0.2) is 0 Å². The summed E-state index contributed by atoms with van der Waals surface area (Å²) < 4.78 is 5.26.